The van der Waals surface area contributed by atoms with Crippen molar-refractivity contribution in [2.45, 2.75) is 31.2 Å². The summed E-state index contributed by atoms with van der Waals surface area (Å²) in [7, 11) is 0. The van der Waals surface area contributed by atoms with Crippen LogP contribution in [0.15, 0.2) is 24.3 Å². The third-order valence-corrected chi connectivity index (χ3v) is 3.75. The van der Waals surface area contributed by atoms with Crippen LogP contribution in [0, 0.1) is 0 Å². The number of carbonyl (C=O) groups excluding carboxylic acids is 1. The summed E-state index contributed by atoms with van der Waals surface area (Å²) < 4.78 is 5.30. The van der Waals surface area contributed by atoms with Crippen LogP contribution in [0.4, 0.5) is 0 Å². The first-order valence-corrected chi connectivity index (χ1v) is 6.83. The summed E-state index contributed by atoms with van der Waals surface area (Å²) in [6.07, 6.45) is 2.52. The van der Waals surface area contributed by atoms with Crippen molar-refractivity contribution in [3.8, 4) is 5.75 Å². The highest BCUT2D eigenvalue weighted by molar-refractivity contribution is 6.32. The number of benzene rings is 1. The molecular weight excluding hydrogens is 282 g/mol. The van der Waals surface area contributed by atoms with Gasteiger partial charge in [0.05, 0.1) is 5.02 Å². The molecule has 2 rings (SSSR count). The maximum Gasteiger partial charge on any atom is 0.329 e. The molecule has 0 unspecified atom stereocenters. The molecule has 1 aliphatic rings. The third kappa shape index (κ3) is 3.22. The number of hydrogen-bond acceptors (Lipinski definition) is 3. The van der Waals surface area contributed by atoms with Crippen LogP contribution < -0.4 is 10.1 Å². The van der Waals surface area contributed by atoms with E-state index in [9.17, 15) is 14.7 Å². The Morgan fingerprint density at radius 2 is 1.95 bits per heavy atom. The predicted molar refractivity (Wildman–Crippen MR) is 73.9 cm³/mol. The number of rotatable bonds is 5. The lowest BCUT2D eigenvalue weighted by atomic mass is 9.98. The number of hydrogen-bond donors (Lipinski definition) is 2. The van der Waals surface area contributed by atoms with Gasteiger partial charge in [-0.05, 0) is 25.0 Å². The molecule has 1 fully saturated rings. The molecule has 6 heteroatoms. The molecule has 0 spiro atoms. The fourth-order valence-corrected chi connectivity index (χ4v) is 2.57. The topological polar surface area (TPSA) is 75.6 Å². The Balaban J connectivity index is 1.92. The number of ether oxygens (including phenoxy) is 1. The van der Waals surface area contributed by atoms with Crippen LogP contribution in [0.25, 0.3) is 0 Å². The van der Waals surface area contributed by atoms with Gasteiger partial charge in [-0.2, -0.15) is 0 Å². The van der Waals surface area contributed by atoms with E-state index >= 15 is 0 Å². The second-order valence-corrected chi connectivity index (χ2v) is 5.27. The molecular formula is C14H16ClNO4. The lowest BCUT2D eigenvalue weighted by molar-refractivity contribution is -0.147. The minimum absolute atomic E-state index is 0.251. The molecule has 1 aromatic carbocycles. The summed E-state index contributed by atoms with van der Waals surface area (Å²) in [6.45, 7) is -0.251. The zero-order chi connectivity index (χ0) is 14.6. The lowest BCUT2D eigenvalue weighted by Gasteiger charge is -2.25. The molecule has 1 saturated carbocycles. The maximum atomic E-state index is 11.9. The molecule has 0 bridgehead atoms. The van der Waals surface area contributed by atoms with Gasteiger partial charge in [-0.15, -0.1) is 0 Å². The van der Waals surface area contributed by atoms with Crippen LogP contribution in [0.2, 0.25) is 5.02 Å². The number of carbonyl (C=O) groups is 2. The summed E-state index contributed by atoms with van der Waals surface area (Å²) in [6, 6.07) is 6.81. The smallest absolute Gasteiger partial charge is 0.329 e. The van der Waals surface area contributed by atoms with E-state index in [1.54, 1.807) is 24.3 Å². The minimum Gasteiger partial charge on any atom is -0.482 e. The van der Waals surface area contributed by atoms with Crippen molar-refractivity contribution in [3.63, 3.8) is 0 Å². The van der Waals surface area contributed by atoms with E-state index in [0.29, 0.717) is 23.6 Å². The van der Waals surface area contributed by atoms with Crippen LogP contribution in [0.1, 0.15) is 25.7 Å². The van der Waals surface area contributed by atoms with E-state index in [-0.39, 0.29) is 6.61 Å². The predicted octanol–water partition coefficient (Wildman–Crippen LogP) is 2.23. The van der Waals surface area contributed by atoms with Gasteiger partial charge < -0.3 is 15.2 Å². The van der Waals surface area contributed by atoms with Crippen molar-refractivity contribution in [3.05, 3.63) is 29.3 Å². The van der Waals surface area contributed by atoms with Gasteiger partial charge in [0.1, 0.15) is 11.3 Å². The summed E-state index contributed by atoms with van der Waals surface area (Å²) in [4.78, 5) is 23.2. The minimum atomic E-state index is -1.14. The van der Waals surface area contributed by atoms with Gasteiger partial charge in [-0.1, -0.05) is 36.6 Å². The Morgan fingerprint density at radius 3 is 2.55 bits per heavy atom. The molecule has 0 aliphatic heterocycles. The van der Waals surface area contributed by atoms with Crippen LogP contribution in [-0.2, 0) is 9.59 Å². The summed E-state index contributed by atoms with van der Waals surface area (Å²) in [5.41, 5.74) is -1.14. The Hall–Kier alpha value is -1.75. The van der Waals surface area contributed by atoms with E-state index in [2.05, 4.69) is 5.32 Å². The standard InChI is InChI=1S/C14H16ClNO4/c15-10-5-1-2-6-11(10)20-9-12(17)16-14(13(18)19)7-3-4-8-14/h1-2,5-6H,3-4,7-9H2,(H,16,17)(H,18,19). The Morgan fingerprint density at radius 1 is 1.30 bits per heavy atom. The zero-order valence-corrected chi connectivity index (χ0v) is 11.7. The van der Waals surface area contributed by atoms with Gasteiger partial charge >= 0.3 is 5.97 Å². The zero-order valence-electron chi connectivity index (χ0n) is 10.9. The molecule has 0 heterocycles. The molecule has 20 heavy (non-hydrogen) atoms. The Kier molecular flexibility index (Phi) is 4.49. The normalized spacial score (nSPS) is 16.6. The lowest BCUT2D eigenvalue weighted by Crippen LogP contribution is -2.53. The van der Waals surface area contributed by atoms with Crippen LogP contribution in [0.5, 0.6) is 5.75 Å². The number of amides is 1. The van der Waals surface area contributed by atoms with Crippen molar-refractivity contribution in [2.24, 2.45) is 0 Å². The monoisotopic (exact) mass is 297 g/mol. The highest BCUT2D eigenvalue weighted by atomic mass is 35.5. The molecule has 0 atom stereocenters. The molecule has 1 aromatic rings. The molecule has 0 aromatic heterocycles. The van der Waals surface area contributed by atoms with E-state index < -0.39 is 17.4 Å². The van der Waals surface area contributed by atoms with E-state index in [0.717, 1.165) is 12.8 Å². The molecule has 0 radical (unpaired) electrons. The highest BCUT2D eigenvalue weighted by Crippen LogP contribution is 2.30. The summed E-state index contributed by atoms with van der Waals surface area (Å²) in [5, 5.41) is 12.3. The van der Waals surface area contributed by atoms with Gasteiger partial charge in [0, 0.05) is 0 Å². The first-order chi connectivity index (χ1) is 9.53. The summed E-state index contributed by atoms with van der Waals surface area (Å²) >= 11 is 5.90. The summed E-state index contributed by atoms with van der Waals surface area (Å²) in [5.74, 6) is -1.03. The van der Waals surface area contributed by atoms with E-state index in [1.165, 1.54) is 0 Å². The van der Waals surface area contributed by atoms with Crippen LogP contribution >= 0.6 is 11.6 Å². The average molecular weight is 298 g/mol. The van der Waals surface area contributed by atoms with Gasteiger partial charge in [0.25, 0.3) is 5.91 Å². The van der Waals surface area contributed by atoms with E-state index in [4.69, 9.17) is 16.3 Å². The maximum absolute atomic E-state index is 11.9. The van der Waals surface area contributed by atoms with Crippen molar-refractivity contribution >= 4 is 23.5 Å². The number of carboxylic acid groups (broad SMARTS) is 1. The second-order valence-electron chi connectivity index (χ2n) is 4.86. The second kappa shape index (κ2) is 6.13. The van der Waals surface area contributed by atoms with Gasteiger partial charge in [-0.3, -0.25) is 4.79 Å². The van der Waals surface area contributed by atoms with Crippen LogP contribution in [0.3, 0.4) is 0 Å². The largest absolute Gasteiger partial charge is 0.482 e. The molecule has 108 valence electrons. The van der Waals surface area contributed by atoms with Crippen molar-refractivity contribution < 1.29 is 19.4 Å². The van der Waals surface area contributed by atoms with Crippen molar-refractivity contribution in [1.82, 2.24) is 5.32 Å². The van der Waals surface area contributed by atoms with Crippen molar-refractivity contribution in [2.75, 3.05) is 6.61 Å². The molecule has 1 aliphatic carbocycles. The molecule has 1 amide bonds. The molecule has 0 saturated heterocycles. The van der Waals surface area contributed by atoms with Gasteiger partial charge in [-0.25, -0.2) is 4.79 Å². The number of nitrogens with one attached hydrogen (secondary N) is 1. The van der Waals surface area contributed by atoms with Crippen LogP contribution in [-0.4, -0.2) is 29.1 Å². The average Bonchev–Trinajstić information content (AvgIpc) is 2.88. The Labute approximate surface area is 121 Å². The third-order valence-electron chi connectivity index (χ3n) is 3.44. The first-order valence-electron chi connectivity index (χ1n) is 6.45. The molecule has 5 nitrogen and oxygen atoms in total. The Bertz CT molecular complexity index is 512. The fraction of sp³-hybridized carbons (Fsp3) is 0.429. The van der Waals surface area contributed by atoms with Crippen molar-refractivity contribution in [1.29, 1.82) is 0 Å². The SMILES string of the molecule is O=C(COc1ccccc1Cl)NC1(C(=O)O)CCCC1. The quantitative estimate of drug-likeness (QED) is 0.874. The fourth-order valence-electron chi connectivity index (χ4n) is 2.38. The first kappa shape index (κ1) is 14.7. The number of carboxylic acids is 1. The number of aliphatic carboxylic acids is 1. The molecule has 2 N–H and O–H groups in total. The number of halogens is 1. The number of para-hydroxylation sites is 1. The highest BCUT2D eigenvalue weighted by Gasteiger charge is 2.42. The van der Waals surface area contributed by atoms with Gasteiger partial charge in [0.2, 0.25) is 0 Å². The van der Waals surface area contributed by atoms with E-state index in [1.807, 2.05) is 0 Å². The van der Waals surface area contributed by atoms with Gasteiger partial charge in [0.15, 0.2) is 6.61 Å².